The Balaban J connectivity index is 2.20. The number of ketones is 1. The van der Waals surface area contributed by atoms with E-state index in [1.165, 1.54) is 37.4 Å². The van der Waals surface area contributed by atoms with E-state index in [0.717, 1.165) is 6.07 Å². The van der Waals surface area contributed by atoms with Crippen molar-refractivity contribution < 1.29 is 24.1 Å². The Morgan fingerprint density at radius 2 is 1.76 bits per heavy atom. The number of ether oxygens (including phenoxy) is 2. The highest BCUT2D eigenvalue weighted by Gasteiger charge is 2.17. The Morgan fingerprint density at radius 3 is 2.36 bits per heavy atom. The molecule has 0 saturated carbocycles. The fraction of sp³-hybridized carbons (Fsp3) is 0.188. The quantitative estimate of drug-likeness (QED) is 0.429. The van der Waals surface area contributed by atoms with Crippen LogP contribution in [0.4, 0.5) is 11.4 Å². The van der Waals surface area contributed by atoms with Gasteiger partial charge in [0.05, 0.1) is 23.0 Å². The summed E-state index contributed by atoms with van der Waals surface area (Å²) in [6, 6.07) is 7.85. The lowest BCUT2D eigenvalue weighted by atomic mass is 10.1. The molecule has 0 atom stereocenters. The van der Waals surface area contributed by atoms with Crippen LogP contribution in [0.5, 0.6) is 11.5 Å². The first kappa shape index (κ1) is 17.9. The number of aryl methyl sites for hydroxylation is 1. The summed E-state index contributed by atoms with van der Waals surface area (Å²) in [5.74, 6) is -0.239. The highest BCUT2D eigenvalue weighted by Crippen LogP contribution is 2.31. The maximum absolute atomic E-state index is 12.2. The molecule has 9 heteroatoms. The number of carbonyl (C=O) groups excluding carboxylic acids is 1. The lowest BCUT2D eigenvalue weighted by Crippen LogP contribution is -2.12. The van der Waals surface area contributed by atoms with Gasteiger partial charge in [-0.25, -0.2) is 0 Å². The van der Waals surface area contributed by atoms with E-state index in [1.54, 1.807) is 6.92 Å². The molecule has 0 aromatic heterocycles. The maximum atomic E-state index is 12.2. The molecule has 0 heterocycles. The molecule has 130 valence electrons. The molecule has 0 radical (unpaired) electrons. The van der Waals surface area contributed by atoms with Gasteiger partial charge in [-0.3, -0.25) is 25.0 Å². The van der Waals surface area contributed by atoms with E-state index >= 15 is 0 Å². The van der Waals surface area contributed by atoms with Crippen molar-refractivity contribution in [3.63, 3.8) is 0 Å². The van der Waals surface area contributed by atoms with Crippen LogP contribution in [0.25, 0.3) is 0 Å². The SMILES string of the molecule is COc1ccc([N+](=O)[O-])cc1OCC(=O)c1ccc(C)c([N+](=O)[O-])c1. The van der Waals surface area contributed by atoms with Gasteiger partial charge in [-0.15, -0.1) is 0 Å². The summed E-state index contributed by atoms with van der Waals surface area (Å²) < 4.78 is 10.4. The predicted octanol–water partition coefficient (Wildman–Crippen LogP) is 3.08. The van der Waals surface area contributed by atoms with E-state index in [2.05, 4.69) is 0 Å². The second kappa shape index (κ2) is 7.39. The van der Waals surface area contributed by atoms with E-state index in [4.69, 9.17) is 9.47 Å². The van der Waals surface area contributed by atoms with Crippen LogP contribution in [0.1, 0.15) is 15.9 Å². The molecule has 2 rings (SSSR count). The van der Waals surface area contributed by atoms with Gasteiger partial charge in [-0.2, -0.15) is 0 Å². The minimum atomic E-state index is -0.600. The van der Waals surface area contributed by atoms with Crippen LogP contribution in [0.2, 0.25) is 0 Å². The van der Waals surface area contributed by atoms with Crippen molar-refractivity contribution in [3.05, 3.63) is 67.8 Å². The molecule has 0 unspecified atom stereocenters. The largest absolute Gasteiger partial charge is 0.493 e. The number of benzene rings is 2. The van der Waals surface area contributed by atoms with Gasteiger partial charge in [-0.05, 0) is 13.0 Å². The van der Waals surface area contributed by atoms with Crippen LogP contribution in [0.15, 0.2) is 36.4 Å². The number of hydrogen-bond acceptors (Lipinski definition) is 7. The molecule has 0 amide bonds. The molecule has 0 aliphatic heterocycles. The molecule has 0 aliphatic carbocycles. The molecule has 0 fully saturated rings. The van der Waals surface area contributed by atoms with Gasteiger partial charge in [0.1, 0.15) is 0 Å². The van der Waals surface area contributed by atoms with Gasteiger partial charge >= 0.3 is 0 Å². The second-order valence-corrected chi connectivity index (χ2v) is 5.06. The number of rotatable bonds is 7. The molecule has 2 aromatic rings. The lowest BCUT2D eigenvalue weighted by molar-refractivity contribution is -0.385. The van der Waals surface area contributed by atoms with Gasteiger partial charge in [0.2, 0.25) is 0 Å². The molecule has 0 saturated heterocycles. The van der Waals surface area contributed by atoms with Gasteiger partial charge < -0.3 is 9.47 Å². The summed E-state index contributed by atoms with van der Waals surface area (Å²) in [7, 11) is 1.36. The number of hydrogen-bond donors (Lipinski definition) is 0. The van der Waals surface area contributed by atoms with Crippen LogP contribution in [0.3, 0.4) is 0 Å². The molecule has 2 aromatic carbocycles. The summed E-state index contributed by atoms with van der Waals surface area (Å²) in [5.41, 5.74) is 0.164. The third kappa shape index (κ3) is 4.08. The number of nitro groups is 2. The molecule has 9 nitrogen and oxygen atoms in total. The van der Waals surface area contributed by atoms with Crippen LogP contribution in [-0.4, -0.2) is 29.3 Å². The zero-order valence-electron chi connectivity index (χ0n) is 13.4. The van der Waals surface area contributed by atoms with Crippen molar-refractivity contribution in [3.8, 4) is 11.5 Å². The third-order valence-electron chi connectivity index (χ3n) is 3.44. The molecule has 0 bridgehead atoms. The molecular formula is C16H14N2O7. The lowest BCUT2D eigenvalue weighted by Gasteiger charge is -2.10. The van der Waals surface area contributed by atoms with E-state index in [1.807, 2.05) is 0 Å². The van der Waals surface area contributed by atoms with Gasteiger partial charge in [0, 0.05) is 23.3 Å². The summed E-state index contributed by atoms with van der Waals surface area (Å²) in [4.78, 5) is 32.8. The fourth-order valence-electron chi connectivity index (χ4n) is 2.10. The Kier molecular flexibility index (Phi) is 5.28. The molecule has 0 aliphatic rings. The topological polar surface area (TPSA) is 122 Å². The fourth-order valence-corrected chi connectivity index (χ4v) is 2.10. The Bertz CT molecular complexity index is 848. The maximum Gasteiger partial charge on any atom is 0.273 e. The van der Waals surface area contributed by atoms with E-state index in [0.29, 0.717) is 5.56 Å². The standard InChI is InChI=1S/C16H14N2O7/c1-10-3-4-11(7-13(10)18(22)23)14(19)9-25-16-8-12(17(20)21)5-6-15(16)24-2/h3-8H,9H2,1-2H3. The first-order valence-corrected chi connectivity index (χ1v) is 7.07. The van der Waals surface area contributed by atoms with E-state index < -0.39 is 22.2 Å². The number of non-ortho nitro benzene ring substituents is 1. The summed E-state index contributed by atoms with van der Waals surface area (Å²) >= 11 is 0. The second-order valence-electron chi connectivity index (χ2n) is 5.06. The number of nitro benzene ring substituents is 2. The van der Waals surface area contributed by atoms with E-state index in [9.17, 15) is 25.0 Å². The first-order valence-electron chi connectivity index (χ1n) is 7.07. The van der Waals surface area contributed by atoms with Crippen molar-refractivity contribution in [1.82, 2.24) is 0 Å². The third-order valence-corrected chi connectivity index (χ3v) is 3.44. The zero-order chi connectivity index (χ0) is 18.6. The minimum Gasteiger partial charge on any atom is -0.493 e. The summed E-state index contributed by atoms with van der Waals surface area (Å²) in [6.07, 6.45) is 0. The summed E-state index contributed by atoms with van der Waals surface area (Å²) in [6.45, 7) is 1.12. The Morgan fingerprint density at radius 1 is 1.04 bits per heavy atom. The van der Waals surface area contributed by atoms with Crippen LogP contribution < -0.4 is 9.47 Å². The first-order chi connectivity index (χ1) is 11.8. The minimum absolute atomic E-state index is 0.0339. The Hall–Kier alpha value is -3.49. The number of nitrogens with zero attached hydrogens (tertiary/aromatic N) is 2. The Labute approximate surface area is 142 Å². The van der Waals surface area contributed by atoms with Crippen molar-refractivity contribution in [2.24, 2.45) is 0 Å². The van der Waals surface area contributed by atoms with E-state index in [-0.39, 0.29) is 28.4 Å². The number of methoxy groups -OCH3 is 1. The number of carbonyl (C=O) groups is 1. The average molecular weight is 346 g/mol. The number of Topliss-reactive ketones (excluding diaryl/α,β-unsaturated/α-hetero) is 1. The van der Waals surface area contributed by atoms with Gasteiger partial charge in [0.15, 0.2) is 23.9 Å². The van der Waals surface area contributed by atoms with Crippen molar-refractivity contribution in [2.45, 2.75) is 6.92 Å². The highest BCUT2D eigenvalue weighted by atomic mass is 16.6. The van der Waals surface area contributed by atoms with Crippen molar-refractivity contribution in [1.29, 1.82) is 0 Å². The van der Waals surface area contributed by atoms with Crippen LogP contribution in [-0.2, 0) is 0 Å². The average Bonchev–Trinajstić information content (AvgIpc) is 2.59. The van der Waals surface area contributed by atoms with Crippen LogP contribution in [0, 0.1) is 27.2 Å². The van der Waals surface area contributed by atoms with Crippen molar-refractivity contribution in [2.75, 3.05) is 13.7 Å². The monoisotopic (exact) mass is 346 g/mol. The smallest absolute Gasteiger partial charge is 0.273 e. The highest BCUT2D eigenvalue weighted by molar-refractivity contribution is 5.98. The predicted molar refractivity (Wildman–Crippen MR) is 87.3 cm³/mol. The summed E-state index contributed by atoms with van der Waals surface area (Å²) in [5, 5.41) is 21.8. The molecule has 0 N–H and O–H groups in total. The van der Waals surface area contributed by atoms with Gasteiger partial charge in [-0.1, -0.05) is 12.1 Å². The van der Waals surface area contributed by atoms with Crippen LogP contribution >= 0.6 is 0 Å². The van der Waals surface area contributed by atoms with Crippen molar-refractivity contribution >= 4 is 17.2 Å². The zero-order valence-corrected chi connectivity index (χ0v) is 13.4. The molecule has 25 heavy (non-hydrogen) atoms. The molecule has 0 spiro atoms. The molecular weight excluding hydrogens is 332 g/mol. The normalized spacial score (nSPS) is 10.2. The van der Waals surface area contributed by atoms with Gasteiger partial charge in [0.25, 0.3) is 11.4 Å².